The van der Waals surface area contributed by atoms with Gasteiger partial charge in [-0.2, -0.15) is 0 Å². The lowest BCUT2D eigenvalue weighted by molar-refractivity contribution is -0.143. The Morgan fingerprint density at radius 2 is 1.21 bits per heavy atom. The summed E-state index contributed by atoms with van der Waals surface area (Å²) in [6, 6.07) is 26.7. The highest BCUT2D eigenvalue weighted by atomic mass is 16.5. The van der Waals surface area contributed by atoms with Gasteiger partial charge in [-0.25, -0.2) is 4.79 Å². The SMILES string of the molecule is CC(C)[C@H](N)C(=O)N[C@@H](Cc1ccc(OC(C)(C)C)cc1)C(=O)N1CCC[C@H]1C(=O)N[C@@H](CC(=O)NC(c1ccccc1)(c1ccccc1)c1ccccc1)C(=O)NCC(=O)N[C@@H](C)C(=O)N[C@@H](CCC(=O)O)C(=O)O. The zero-order valence-corrected chi connectivity index (χ0v) is 43.7. The first-order valence-corrected chi connectivity index (χ1v) is 25.2. The molecular formula is C56H70N8O12. The Hall–Kier alpha value is -8.13. The van der Waals surface area contributed by atoms with Crippen molar-refractivity contribution in [2.45, 2.75) is 127 Å². The first-order chi connectivity index (χ1) is 36.0. The molecule has 6 atom stereocenters. The molecule has 4 aromatic carbocycles. The maximum absolute atomic E-state index is 14.7. The predicted molar refractivity (Wildman–Crippen MR) is 281 cm³/mol. The first-order valence-electron chi connectivity index (χ1n) is 25.2. The molecule has 0 aliphatic carbocycles. The van der Waals surface area contributed by atoms with E-state index in [1.165, 1.54) is 11.8 Å². The van der Waals surface area contributed by atoms with Crippen LogP contribution in [0.3, 0.4) is 0 Å². The Bertz CT molecular complexity index is 2570. The van der Waals surface area contributed by atoms with Gasteiger partial charge in [-0.05, 0) is 87.3 Å². The number of carboxylic acid groups (broad SMARTS) is 2. The van der Waals surface area contributed by atoms with Crippen LogP contribution in [0.1, 0.15) is 95.9 Å². The fourth-order valence-electron chi connectivity index (χ4n) is 8.73. The average molecular weight is 1050 g/mol. The number of likely N-dealkylation sites (tertiary alicyclic amines) is 1. The van der Waals surface area contributed by atoms with Crippen LogP contribution in [0.15, 0.2) is 115 Å². The number of nitrogens with one attached hydrogen (secondary N) is 6. The number of rotatable bonds is 25. The molecule has 0 radical (unpaired) electrons. The van der Waals surface area contributed by atoms with E-state index >= 15 is 0 Å². The van der Waals surface area contributed by atoms with E-state index in [2.05, 4.69) is 31.9 Å². The molecule has 10 N–H and O–H groups in total. The summed E-state index contributed by atoms with van der Waals surface area (Å²) >= 11 is 0. The zero-order valence-electron chi connectivity index (χ0n) is 43.7. The van der Waals surface area contributed by atoms with Gasteiger partial charge in [-0.3, -0.25) is 38.4 Å². The second kappa shape index (κ2) is 26.9. The summed E-state index contributed by atoms with van der Waals surface area (Å²) < 4.78 is 5.97. The predicted octanol–water partition coefficient (Wildman–Crippen LogP) is 2.90. The topological polar surface area (TPSA) is 305 Å². The lowest BCUT2D eigenvalue weighted by Gasteiger charge is -2.37. The van der Waals surface area contributed by atoms with Crippen LogP contribution in [0.4, 0.5) is 0 Å². The van der Waals surface area contributed by atoms with Gasteiger partial charge in [0.2, 0.25) is 41.4 Å². The summed E-state index contributed by atoms with van der Waals surface area (Å²) in [7, 11) is 0. The van der Waals surface area contributed by atoms with E-state index in [1.54, 1.807) is 38.1 Å². The second-order valence-electron chi connectivity index (χ2n) is 20.1. The summed E-state index contributed by atoms with van der Waals surface area (Å²) in [6.07, 6.45) is -1.09. The third kappa shape index (κ3) is 16.4. The monoisotopic (exact) mass is 1050 g/mol. The molecule has 1 fully saturated rings. The molecule has 76 heavy (non-hydrogen) atoms. The Labute approximate surface area is 442 Å². The van der Waals surface area contributed by atoms with Crippen molar-refractivity contribution in [3.8, 4) is 5.75 Å². The molecule has 1 aliphatic rings. The summed E-state index contributed by atoms with van der Waals surface area (Å²) in [5, 5.41) is 34.1. The van der Waals surface area contributed by atoms with Crippen LogP contribution in [0.2, 0.25) is 0 Å². The minimum atomic E-state index is -1.67. The number of benzene rings is 4. The quantitative estimate of drug-likeness (QED) is 0.0432. The van der Waals surface area contributed by atoms with Gasteiger partial charge < -0.3 is 57.5 Å². The molecule has 1 aliphatic heterocycles. The van der Waals surface area contributed by atoms with Gasteiger partial charge in [0.05, 0.1) is 19.0 Å². The van der Waals surface area contributed by atoms with E-state index in [0.29, 0.717) is 34.4 Å². The molecular weight excluding hydrogens is 977 g/mol. The van der Waals surface area contributed by atoms with Crippen molar-refractivity contribution >= 4 is 53.3 Å². The lowest BCUT2D eigenvalue weighted by atomic mass is 9.77. The number of carbonyl (C=O) groups excluding carboxylic acids is 7. The fourth-order valence-corrected chi connectivity index (χ4v) is 8.73. The van der Waals surface area contributed by atoms with E-state index in [9.17, 15) is 48.3 Å². The van der Waals surface area contributed by atoms with Gasteiger partial charge in [0.1, 0.15) is 47.1 Å². The highest BCUT2D eigenvalue weighted by molar-refractivity contribution is 5.98. The third-order valence-electron chi connectivity index (χ3n) is 12.7. The minimum absolute atomic E-state index is 0.0282. The number of nitrogens with two attached hydrogens (primary N) is 1. The Kier molecular flexibility index (Phi) is 20.8. The molecule has 7 amide bonds. The van der Waals surface area contributed by atoms with Gasteiger partial charge in [-0.15, -0.1) is 0 Å². The molecule has 0 aromatic heterocycles. The number of aliphatic carboxylic acids is 2. The third-order valence-corrected chi connectivity index (χ3v) is 12.7. The number of carboxylic acids is 2. The maximum Gasteiger partial charge on any atom is 0.326 e. The van der Waals surface area contributed by atoms with Crippen LogP contribution in [0.25, 0.3) is 0 Å². The molecule has 20 nitrogen and oxygen atoms in total. The lowest BCUT2D eigenvalue weighted by Crippen LogP contribution is -2.59. The van der Waals surface area contributed by atoms with Crippen molar-refractivity contribution < 1.29 is 58.1 Å². The van der Waals surface area contributed by atoms with Crippen LogP contribution < -0.4 is 42.4 Å². The van der Waals surface area contributed by atoms with Crippen LogP contribution in [0, 0.1) is 5.92 Å². The molecule has 20 heteroatoms. The molecule has 4 aromatic rings. The standard InChI is InChI=1S/C56H70N8O12/c1-34(2)48(57)52(72)62-43(31-36-24-26-40(27-25-36)76-55(4,5)6)53(73)64-30-16-23-44(64)51(71)61-42(50(70)58-33-46(66)59-35(3)49(69)60-41(54(74)75)28-29-47(67)68)32-45(65)63-56(37-17-10-7-11-18-37,38-19-12-8-13-20-38)39-21-14-9-15-22-39/h7-15,17-22,24-27,34-35,41-44,48H,16,23,28-33,57H2,1-6H3,(H,58,70)(H,59,66)(H,60,69)(H,61,71)(H,62,72)(H,63,65)(H,67,68)(H,74,75)/t35-,41-,42-,43-,44-,48-/m0/s1. The fraction of sp³-hybridized carbons (Fsp3) is 0.411. The Morgan fingerprint density at radius 1 is 0.671 bits per heavy atom. The van der Waals surface area contributed by atoms with Crippen molar-refractivity contribution in [3.05, 3.63) is 138 Å². The molecule has 5 rings (SSSR count). The normalized spacial score (nSPS) is 15.4. The largest absolute Gasteiger partial charge is 0.488 e. The minimum Gasteiger partial charge on any atom is -0.488 e. The average Bonchev–Trinajstić information content (AvgIpc) is 3.89. The second-order valence-corrected chi connectivity index (χ2v) is 20.1. The zero-order chi connectivity index (χ0) is 55.7. The molecule has 0 unspecified atom stereocenters. The van der Waals surface area contributed by atoms with Gasteiger partial charge in [0.15, 0.2) is 0 Å². The number of hydrogen-bond acceptors (Lipinski definition) is 11. The van der Waals surface area contributed by atoms with Crippen molar-refractivity contribution in [1.29, 1.82) is 0 Å². The molecule has 0 spiro atoms. The van der Waals surface area contributed by atoms with Gasteiger partial charge in [0.25, 0.3) is 0 Å². The number of amides is 7. The van der Waals surface area contributed by atoms with Gasteiger partial charge in [-0.1, -0.05) is 117 Å². The van der Waals surface area contributed by atoms with Gasteiger partial charge >= 0.3 is 11.9 Å². The summed E-state index contributed by atoms with van der Waals surface area (Å²) in [5.74, 6) is -7.91. The van der Waals surface area contributed by atoms with Crippen LogP contribution in [-0.4, -0.2) is 123 Å². The maximum atomic E-state index is 14.7. The van der Waals surface area contributed by atoms with Crippen molar-refractivity contribution in [2.75, 3.05) is 13.1 Å². The van der Waals surface area contributed by atoms with E-state index in [1.807, 2.05) is 112 Å². The van der Waals surface area contributed by atoms with Gasteiger partial charge in [0, 0.05) is 19.4 Å². The van der Waals surface area contributed by atoms with Crippen molar-refractivity contribution in [2.24, 2.45) is 11.7 Å². The summed E-state index contributed by atoms with van der Waals surface area (Å²) in [5.41, 5.74) is 7.11. The van der Waals surface area contributed by atoms with E-state index < -0.39 is 126 Å². The summed E-state index contributed by atoms with van der Waals surface area (Å²) in [4.78, 5) is 122. The molecule has 1 heterocycles. The molecule has 406 valence electrons. The van der Waals surface area contributed by atoms with E-state index in [4.69, 9.17) is 15.6 Å². The molecule has 0 bridgehead atoms. The molecule has 1 saturated heterocycles. The number of carbonyl (C=O) groups is 9. The van der Waals surface area contributed by atoms with Crippen LogP contribution in [-0.2, 0) is 55.1 Å². The van der Waals surface area contributed by atoms with Crippen molar-refractivity contribution in [1.82, 2.24) is 36.8 Å². The number of nitrogens with zero attached hydrogens (tertiary/aromatic N) is 1. The number of ether oxygens (including phenoxy) is 1. The smallest absolute Gasteiger partial charge is 0.326 e. The first kappa shape index (κ1) is 58.8. The Balaban J connectivity index is 1.43. The van der Waals surface area contributed by atoms with Crippen LogP contribution in [0.5, 0.6) is 5.75 Å². The summed E-state index contributed by atoms with van der Waals surface area (Å²) in [6.45, 7) is 9.86. The highest BCUT2D eigenvalue weighted by Crippen LogP contribution is 2.37. The number of hydrogen-bond donors (Lipinski definition) is 9. The van der Waals surface area contributed by atoms with Crippen LogP contribution >= 0.6 is 0 Å². The Morgan fingerprint density at radius 3 is 1.71 bits per heavy atom. The van der Waals surface area contributed by atoms with Crippen molar-refractivity contribution in [3.63, 3.8) is 0 Å². The molecule has 0 saturated carbocycles. The van der Waals surface area contributed by atoms with E-state index in [0.717, 1.165) is 0 Å². The van der Waals surface area contributed by atoms with E-state index in [-0.39, 0.29) is 25.3 Å². The highest BCUT2D eigenvalue weighted by Gasteiger charge is 2.42.